The summed E-state index contributed by atoms with van der Waals surface area (Å²) in [6.07, 6.45) is -10.3. The summed E-state index contributed by atoms with van der Waals surface area (Å²) < 4.78 is 116. The molecule has 302 valence electrons. The SMILES string of the molecule is O=P(Cc1cc2cc(C(F)(F)F)ccc2c(-c2c(O)c(CP(=O)(c3ccccc3)c3ccccc3)cc3cc(C(F)(F)F)ccc23)c1O)(c1ccccc1)c1ccccc1. The lowest BCUT2D eigenvalue weighted by Crippen LogP contribution is -2.17. The van der Waals surface area contributed by atoms with Gasteiger partial charge in [0.25, 0.3) is 0 Å². The smallest absolute Gasteiger partial charge is 0.416 e. The summed E-state index contributed by atoms with van der Waals surface area (Å²) in [5, 5.41) is 26.6. The van der Waals surface area contributed by atoms with Crippen LogP contribution >= 0.6 is 14.3 Å². The van der Waals surface area contributed by atoms with Gasteiger partial charge >= 0.3 is 12.4 Å². The van der Waals surface area contributed by atoms with Gasteiger partial charge in [0.2, 0.25) is 0 Å². The van der Waals surface area contributed by atoms with Gasteiger partial charge in [0.15, 0.2) is 0 Å². The number of phenolic OH excluding ortho intramolecular Hbond substituents is 2. The summed E-state index contributed by atoms with van der Waals surface area (Å²) in [5.74, 6) is -1.09. The van der Waals surface area contributed by atoms with Gasteiger partial charge < -0.3 is 19.3 Å². The van der Waals surface area contributed by atoms with Crippen LogP contribution in [-0.2, 0) is 33.8 Å². The van der Waals surface area contributed by atoms with Gasteiger partial charge in [0, 0.05) is 55.8 Å². The molecule has 0 radical (unpaired) electrons. The van der Waals surface area contributed by atoms with Crippen molar-refractivity contribution in [1.82, 2.24) is 0 Å². The summed E-state index contributed by atoms with van der Waals surface area (Å²) in [6.45, 7) is 0. The molecule has 0 saturated heterocycles. The summed E-state index contributed by atoms with van der Waals surface area (Å²) in [6, 6.07) is 42.1. The number of hydrogen-bond acceptors (Lipinski definition) is 4. The number of rotatable bonds is 9. The van der Waals surface area contributed by atoms with E-state index >= 15 is 9.13 Å². The zero-order valence-electron chi connectivity index (χ0n) is 31.5. The van der Waals surface area contributed by atoms with Crippen LogP contribution in [0, 0.1) is 0 Å². The average molecular weight is 851 g/mol. The van der Waals surface area contributed by atoms with Crippen molar-refractivity contribution < 1.29 is 45.7 Å². The van der Waals surface area contributed by atoms with Crippen molar-refractivity contribution in [3.8, 4) is 22.6 Å². The average Bonchev–Trinajstić information content (AvgIpc) is 3.25. The predicted octanol–water partition coefficient (Wildman–Crippen LogP) is 12.1. The Hall–Kier alpha value is -6.08. The van der Waals surface area contributed by atoms with Crippen molar-refractivity contribution in [1.29, 1.82) is 0 Å². The third kappa shape index (κ3) is 7.51. The molecule has 2 N–H and O–H groups in total. The van der Waals surface area contributed by atoms with E-state index in [9.17, 15) is 36.6 Å². The first-order chi connectivity index (χ1) is 28.6. The first-order valence-corrected chi connectivity index (χ1v) is 22.5. The molecule has 0 atom stereocenters. The van der Waals surface area contributed by atoms with Crippen molar-refractivity contribution >= 4 is 57.0 Å². The van der Waals surface area contributed by atoms with Crippen LogP contribution in [0.5, 0.6) is 11.5 Å². The van der Waals surface area contributed by atoms with Crippen LogP contribution in [-0.4, -0.2) is 10.2 Å². The molecule has 0 heterocycles. The highest BCUT2D eigenvalue weighted by molar-refractivity contribution is 7.78. The molecule has 4 nitrogen and oxygen atoms in total. The molecule has 0 spiro atoms. The number of hydrogen-bond donors (Lipinski definition) is 2. The van der Waals surface area contributed by atoms with Crippen molar-refractivity contribution in [3.63, 3.8) is 0 Å². The van der Waals surface area contributed by atoms with Gasteiger partial charge in [-0.25, -0.2) is 0 Å². The Bertz CT molecular complexity index is 2680. The van der Waals surface area contributed by atoms with Crippen LogP contribution in [0.15, 0.2) is 170 Å². The lowest BCUT2D eigenvalue weighted by atomic mass is 9.88. The quantitative estimate of drug-likeness (QED) is 0.112. The van der Waals surface area contributed by atoms with E-state index in [2.05, 4.69) is 0 Å². The molecule has 0 saturated carbocycles. The van der Waals surface area contributed by atoms with E-state index in [1.54, 1.807) is 121 Å². The zero-order chi connectivity index (χ0) is 42.5. The minimum Gasteiger partial charge on any atom is -0.507 e. The predicted molar refractivity (Wildman–Crippen MR) is 227 cm³/mol. The first kappa shape index (κ1) is 40.7. The summed E-state index contributed by atoms with van der Waals surface area (Å²) in [7, 11) is -7.41. The van der Waals surface area contributed by atoms with Gasteiger partial charge in [0.05, 0.1) is 11.1 Å². The van der Waals surface area contributed by atoms with Crippen molar-refractivity contribution in [3.05, 3.63) is 192 Å². The molecular formula is C48H34F6O4P2. The van der Waals surface area contributed by atoms with Gasteiger partial charge in [-0.2, -0.15) is 26.3 Å². The van der Waals surface area contributed by atoms with Crippen LogP contribution < -0.4 is 21.2 Å². The minimum atomic E-state index is -4.78. The summed E-state index contributed by atoms with van der Waals surface area (Å²) in [4.78, 5) is 0. The normalized spacial score (nSPS) is 12.6. The molecule has 8 rings (SSSR count). The Labute approximate surface area is 341 Å². The number of aromatic hydroxyl groups is 2. The molecular weight excluding hydrogens is 816 g/mol. The second-order valence-corrected chi connectivity index (χ2v) is 20.2. The monoisotopic (exact) mass is 850 g/mol. The van der Waals surface area contributed by atoms with Gasteiger partial charge in [0.1, 0.15) is 25.8 Å². The lowest BCUT2D eigenvalue weighted by Gasteiger charge is -2.24. The van der Waals surface area contributed by atoms with Gasteiger partial charge in [-0.1, -0.05) is 133 Å². The Morgan fingerprint density at radius 1 is 0.400 bits per heavy atom. The highest BCUT2D eigenvalue weighted by Crippen LogP contribution is 2.56. The van der Waals surface area contributed by atoms with E-state index in [4.69, 9.17) is 0 Å². The largest absolute Gasteiger partial charge is 0.507 e. The number of halogens is 6. The molecule has 12 heteroatoms. The molecule has 0 bridgehead atoms. The number of fused-ring (bicyclic) bond motifs is 2. The molecule has 0 unspecified atom stereocenters. The minimum absolute atomic E-state index is 0.0291. The zero-order valence-corrected chi connectivity index (χ0v) is 33.2. The lowest BCUT2D eigenvalue weighted by molar-refractivity contribution is -0.138. The molecule has 8 aromatic carbocycles. The van der Waals surface area contributed by atoms with Crippen LogP contribution in [0.4, 0.5) is 26.3 Å². The summed E-state index contributed by atoms with van der Waals surface area (Å²) in [5.41, 5.74) is -2.48. The maximum atomic E-state index is 15.4. The second kappa shape index (κ2) is 15.5. The fraction of sp³-hybridized carbons (Fsp3) is 0.0833. The highest BCUT2D eigenvalue weighted by atomic mass is 31.2. The molecule has 0 aliphatic rings. The van der Waals surface area contributed by atoms with Gasteiger partial charge in [-0.05, 0) is 57.9 Å². The molecule has 0 fully saturated rings. The molecule has 0 amide bonds. The third-order valence-electron chi connectivity index (χ3n) is 10.8. The number of benzene rings is 8. The van der Waals surface area contributed by atoms with Crippen molar-refractivity contribution in [2.45, 2.75) is 24.7 Å². The van der Waals surface area contributed by atoms with E-state index in [1.165, 1.54) is 12.1 Å². The molecule has 0 aromatic heterocycles. The van der Waals surface area contributed by atoms with Crippen LogP contribution in [0.25, 0.3) is 32.7 Å². The van der Waals surface area contributed by atoms with Crippen LogP contribution in [0.2, 0.25) is 0 Å². The Kier molecular flexibility index (Phi) is 10.5. The Balaban J connectivity index is 1.45. The highest BCUT2D eigenvalue weighted by Gasteiger charge is 2.36. The fourth-order valence-corrected chi connectivity index (χ4v) is 13.2. The number of phenols is 2. The molecule has 60 heavy (non-hydrogen) atoms. The molecule has 0 aliphatic carbocycles. The van der Waals surface area contributed by atoms with E-state index in [1.807, 2.05) is 0 Å². The third-order valence-corrected chi connectivity index (χ3v) is 16.9. The van der Waals surface area contributed by atoms with Crippen LogP contribution in [0.1, 0.15) is 22.3 Å². The van der Waals surface area contributed by atoms with Crippen molar-refractivity contribution in [2.24, 2.45) is 0 Å². The number of alkyl halides is 6. The van der Waals surface area contributed by atoms with Crippen molar-refractivity contribution in [2.75, 3.05) is 0 Å². The van der Waals surface area contributed by atoms with Gasteiger partial charge in [-0.3, -0.25) is 0 Å². The standard InChI is InChI=1S/C48H34F6O4P2/c49-47(50,51)35-21-23-41-31(27-35)25-33(29-59(57,37-13-5-1-6-14-37)38-15-7-2-8-16-38)45(55)43(41)44-42-24-22-36(48(52,53)54)28-32(42)26-34(46(44)56)30-60(58,39-17-9-3-10-18-39)40-19-11-4-12-20-40/h1-28,55-56H,29-30H2. The van der Waals surface area contributed by atoms with Gasteiger partial charge in [-0.15, -0.1) is 0 Å². The fourth-order valence-electron chi connectivity index (χ4n) is 7.83. The maximum absolute atomic E-state index is 15.4. The first-order valence-electron chi connectivity index (χ1n) is 18.7. The molecule has 8 aromatic rings. The Morgan fingerprint density at radius 2 is 0.683 bits per heavy atom. The second-order valence-electron chi connectivity index (χ2n) is 14.5. The van der Waals surface area contributed by atoms with E-state index < -0.39 is 49.3 Å². The maximum Gasteiger partial charge on any atom is 0.416 e. The topological polar surface area (TPSA) is 74.6 Å². The van der Waals surface area contributed by atoms with Crippen LogP contribution in [0.3, 0.4) is 0 Å². The molecule has 0 aliphatic heterocycles. The van der Waals surface area contributed by atoms with E-state index in [0.717, 1.165) is 36.4 Å². The summed E-state index contributed by atoms with van der Waals surface area (Å²) >= 11 is 0. The van der Waals surface area contributed by atoms with E-state index in [0.29, 0.717) is 21.2 Å². The van der Waals surface area contributed by atoms with E-state index in [-0.39, 0.29) is 56.1 Å². The Morgan fingerprint density at radius 3 is 0.950 bits per heavy atom.